The maximum absolute atomic E-state index is 12.8. The van der Waals surface area contributed by atoms with Gasteiger partial charge in [0.15, 0.2) is 0 Å². The number of nitrogens with zero attached hydrogens (tertiary/aromatic N) is 1. The largest absolute Gasteiger partial charge is 0.497 e. The van der Waals surface area contributed by atoms with E-state index in [1.165, 1.54) is 16.9 Å². The molecule has 3 rings (SSSR count). The lowest BCUT2D eigenvalue weighted by molar-refractivity contribution is 0.0741. The maximum atomic E-state index is 12.8. The molecule has 0 N–H and O–H groups in total. The average molecular weight is 459 g/mol. The first kappa shape index (κ1) is 17.0. The molecule has 1 atom stereocenters. The zero-order valence-electron chi connectivity index (χ0n) is 12.7. The van der Waals surface area contributed by atoms with Crippen LogP contribution < -0.4 is 4.74 Å². The Kier molecular flexibility index (Phi) is 5.44. The van der Waals surface area contributed by atoms with Gasteiger partial charge in [-0.3, -0.25) is 4.79 Å². The van der Waals surface area contributed by atoms with E-state index < -0.39 is 0 Å². The van der Waals surface area contributed by atoms with E-state index in [1.54, 1.807) is 7.11 Å². The number of rotatable bonds is 4. The highest BCUT2D eigenvalue weighted by Gasteiger charge is 2.30. The number of amides is 1. The molecule has 0 aliphatic carbocycles. The molecule has 2 aromatic rings. The van der Waals surface area contributed by atoms with Gasteiger partial charge in [0.2, 0.25) is 0 Å². The number of carbonyl (C=O) groups is 1. The molecule has 1 unspecified atom stereocenters. The van der Waals surface area contributed by atoms with Crippen LogP contribution in [-0.4, -0.2) is 30.5 Å². The number of hydrogen-bond acceptors (Lipinski definition) is 3. The molecule has 0 radical (unpaired) electrons. The second-order valence-electron chi connectivity index (χ2n) is 5.58. The van der Waals surface area contributed by atoms with Crippen molar-refractivity contribution in [2.75, 3.05) is 13.7 Å². The zero-order chi connectivity index (χ0) is 16.4. The van der Waals surface area contributed by atoms with Gasteiger partial charge in [0.1, 0.15) is 5.75 Å². The Morgan fingerprint density at radius 3 is 2.91 bits per heavy atom. The molecule has 1 aliphatic rings. The fourth-order valence-corrected chi connectivity index (χ4v) is 4.97. The third-order valence-electron chi connectivity index (χ3n) is 4.10. The van der Waals surface area contributed by atoms with Crippen molar-refractivity contribution in [3.8, 4) is 5.75 Å². The normalized spacial score (nSPS) is 17.5. The van der Waals surface area contributed by atoms with E-state index >= 15 is 0 Å². The molecule has 23 heavy (non-hydrogen) atoms. The molecule has 122 valence electrons. The van der Waals surface area contributed by atoms with Crippen LogP contribution >= 0.6 is 43.2 Å². The van der Waals surface area contributed by atoms with E-state index in [0.29, 0.717) is 0 Å². The number of halogens is 2. The van der Waals surface area contributed by atoms with Crippen LogP contribution in [0, 0.1) is 0 Å². The molecule has 0 saturated carbocycles. The smallest absolute Gasteiger partial charge is 0.264 e. The fraction of sp³-hybridized carbons (Fsp3) is 0.353. The molecule has 1 aliphatic heterocycles. The van der Waals surface area contributed by atoms with E-state index in [4.69, 9.17) is 4.74 Å². The predicted octanol–water partition coefficient (Wildman–Crippen LogP) is 5.13. The minimum atomic E-state index is 0.131. The number of hydrogen-bond donors (Lipinski definition) is 0. The molecule has 1 amide bonds. The first-order valence-electron chi connectivity index (χ1n) is 7.47. The van der Waals surface area contributed by atoms with Crippen LogP contribution in [0.15, 0.2) is 38.6 Å². The van der Waals surface area contributed by atoms with E-state index in [9.17, 15) is 4.79 Å². The highest BCUT2D eigenvalue weighted by Crippen LogP contribution is 2.34. The summed E-state index contributed by atoms with van der Waals surface area (Å²) in [5.41, 5.74) is 1.21. The second kappa shape index (κ2) is 7.36. The first-order valence-corrected chi connectivity index (χ1v) is 9.87. The van der Waals surface area contributed by atoms with Crippen molar-refractivity contribution in [1.29, 1.82) is 0 Å². The summed E-state index contributed by atoms with van der Waals surface area (Å²) < 4.78 is 7.19. The van der Waals surface area contributed by atoms with Gasteiger partial charge < -0.3 is 9.64 Å². The van der Waals surface area contributed by atoms with Crippen molar-refractivity contribution in [3.63, 3.8) is 0 Å². The molecular weight excluding hydrogens is 442 g/mol. The molecule has 1 saturated heterocycles. The molecule has 0 bridgehead atoms. The topological polar surface area (TPSA) is 29.5 Å². The van der Waals surface area contributed by atoms with Gasteiger partial charge in [-0.05, 0) is 74.9 Å². The summed E-state index contributed by atoms with van der Waals surface area (Å²) in [6.07, 6.45) is 2.99. The molecule has 6 heteroatoms. The lowest BCUT2D eigenvalue weighted by Gasteiger charge is -2.24. The Bertz CT molecular complexity index is 697. The number of carbonyl (C=O) groups excluding carboxylic acids is 1. The van der Waals surface area contributed by atoms with Crippen molar-refractivity contribution in [1.82, 2.24) is 4.90 Å². The number of likely N-dealkylation sites (tertiary alicyclic amines) is 1. The van der Waals surface area contributed by atoms with E-state index in [2.05, 4.69) is 44.0 Å². The molecule has 0 spiro atoms. The predicted molar refractivity (Wildman–Crippen MR) is 100 cm³/mol. The van der Waals surface area contributed by atoms with Gasteiger partial charge in [0.25, 0.3) is 5.91 Å². The van der Waals surface area contributed by atoms with Crippen LogP contribution in [0.2, 0.25) is 0 Å². The summed E-state index contributed by atoms with van der Waals surface area (Å²) >= 11 is 8.40. The average Bonchev–Trinajstić information content (AvgIpc) is 3.14. The van der Waals surface area contributed by atoms with Gasteiger partial charge >= 0.3 is 0 Å². The molecule has 1 aromatic carbocycles. The van der Waals surface area contributed by atoms with Crippen molar-refractivity contribution in [2.45, 2.75) is 25.3 Å². The number of ether oxygens (including phenoxy) is 1. The van der Waals surface area contributed by atoms with Crippen molar-refractivity contribution in [3.05, 3.63) is 49.0 Å². The van der Waals surface area contributed by atoms with E-state index in [-0.39, 0.29) is 11.9 Å². The van der Waals surface area contributed by atoms with Gasteiger partial charge in [-0.2, -0.15) is 0 Å². The van der Waals surface area contributed by atoms with Gasteiger partial charge in [0, 0.05) is 17.1 Å². The van der Waals surface area contributed by atoms with E-state index in [0.717, 1.165) is 44.7 Å². The standard InChI is InChI=1S/C17H17Br2NO2S/c1-22-13-6-2-4-11(9-13)8-12-5-3-7-20(12)17(21)15-10-14(18)16(19)23-15/h2,4,6,9-10,12H,3,5,7-8H2,1H3. The van der Waals surface area contributed by atoms with Gasteiger partial charge in [-0.15, -0.1) is 11.3 Å². The number of methoxy groups -OCH3 is 1. The maximum Gasteiger partial charge on any atom is 0.264 e. The molecule has 3 nitrogen and oxygen atoms in total. The summed E-state index contributed by atoms with van der Waals surface area (Å²) in [4.78, 5) is 15.6. The third kappa shape index (κ3) is 3.80. The van der Waals surface area contributed by atoms with Crippen LogP contribution in [0.3, 0.4) is 0 Å². The highest BCUT2D eigenvalue weighted by atomic mass is 79.9. The SMILES string of the molecule is COc1cccc(CC2CCCN2C(=O)c2cc(Br)c(Br)s2)c1. The molecule has 2 heterocycles. The lowest BCUT2D eigenvalue weighted by Crippen LogP contribution is -2.36. The Morgan fingerprint density at radius 2 is 2.22 bits per heavy atom. The third-order valence-corrected chi connectivity index (χ3v) is 7.34. The summed E-state index contributed by atoms with van der Waals surface area (Å²) in [6.45, 7) is 0.834. The van der Waals surface area contributed by atoms with Crippen LogP contribution in [0.4, 0.5) is 0 Å². The molecular formula is C17H17Br2NO2S. The second-order valence-corrected chi connectivity index (χ2v) is 8.81. The van der Waals surface area contributed by atoms with Crippen molar-refractivity contribution >= 4 is 49.1 Å². The van der Waals surface area contributed by atoms with Crippen LogP contribution in [0.25, 0.3) is 0 Å². The first-order chi connectivity index (χ1) is 11.1. The summed E-state index contributed by atoms with van der Waals surface area (Å²) in [6, 6.07) is 10.3. The Morgan fingerprint density at radius 1 is 1.39 bits per heavy atom. The number of thiophene rings is 1. The summed E-state index contributed by atoms with van der Waals surface area (Å²) in [5.74, 6) is 0.997. The van der Waals surface area contributed by atoms with Crippen LogP contribution in [0.5, 0.6) is 5.75 Å². The minimum absolute atomic E-state index is 0.131. The monoisotopic (exact) mass is 457 g/mol. The van der Waals surface area contributed by atoms with E-state index in [1.807, 2.05) is 23.1 Å². The van der Waals surface area contributed by atoms with Crippen molar-refractivity contribution < 1.29 is 9.53 Å². The van der Waals surface area contributed by atoms with Crippen molar-refractivity contribution in [2.24, 2.45) is 0 Å². The minimum Gasteiger partial charge on any atom is -0.497 e. The highest BCUT2D eigenvalue weighted by molar-refractivity contribution is 9.13. The van der Waals surface area contributed by atoms with Gasteiger partial charge in [0.05, 0.1) is 15.8 Å². The lowest BCUT2D eigenvalue weighted by atomic mass is 10.0. The van der Waals surface area contributed by atoms with Crippen LogP contribution in [-0.2, 0) is 6.42 Å². The Hall–Kier alpha value is -0.850. The number of benzene rings is 1. The van der Waals surface area contributed by atoms with Gasteiger partial charge in [-0.1, -0.05) is 12.1 Å². The van der Waals surface area contributed by atoms with Crippen LogP contribution in [0.1, 0.15) is 28.1 Å². The fourth-order valence-electron chi connectivity index (χ4n) is 2.98. The summed E-state index contributed by atoms with van der Waals surface area (Å²) in [5, 5.41) is 0. The summed E-state index contributed by atoms with van der Waals surface area (Å²) in [7, 11) is 1.68. The van der Waals surface area contributed by atoms with Gasteiger partial charge in [-0.25, -0.2) is 0 Å². The molecule has 1 aromatic heterocycles. The molecule has 1 fully saturated rings. The Labute approximate surface area is 156 Å². The Balaban J connectivity index is 1.75. The quantitative estimate of drug-likeness (QED) is 0.635. The zero-order valence-corrected chi connectivity index (χ0v) is 16.7.